The van der Waals surface area contributed by atoms with Crippen molar-refractivity contribution in [3.05, 3.63) is 29.8 Å². The first kappa shape index (κ1) is 13.0. The van der Waals surface area contributed by atoms with Crippen molar-refractivity contribution in [3.63, 3.8) is 0 Å². The zero-order valence-electron chi connectivity index (χ0n) is 8.63. The predicted octanol–water partition coefficient (Wildman–Crippen LogP) is 0.462. The van der Waals surface area contributed by atoms with Gasteiger partial charge in [0.1, 0.15) is 16.5 Å². The van der Waals surface area contributed by atoms with E-state index in [1.165, 1.54) is 0 Å². The highest BCUT2D eigenvalue weighted by atomic mass is 32.2. The van der Waals surface area contributed by atoms with Crippen LogP contribution in [-0.4, -0.2) is 28.6 Å². The minimum atomic E-state index is -3.91. The first-order valence-corrected chi connectivity index (χ1v) is 6.05. The van der Waals surface area contributed by atoms with Gasteiger partial charge in [-0.3, -0.25) is 0 Å². The Morgan fingerprint density at radius 2 is 1.94 bits per heavy atom. The number of sulfonamides is 1. The molecular weight excluding hydrogens is 238 g/mol. The minimum Gasteiger partial charge on any atom is -0.318 e. The first-order chi connectivity index (χ1) is 7.47. The zero-order chi connectivity index (χ0) is 12.2. The van der Waals surface area contributed by atoms with Gasteiger partial charge in [-0.05, 0) is 19.2 Å². The Bertz CT molecular complexity index is 463. The molecule has 1 rings (SSSR count). The third-order valence-electron chi connectivity index (χ3n) is 1.85. The van der Waals surface area contributed by atoms with Crippen LogP contribution in [0.1, 0.15) is 0 Å². The van der Waals surface area contributed by atoms with Crippen molar-refractivity contribution in [1.82, 2.24) is 10.0 Å². The maximum Gasteiger partial charge on any atom is 0.243 e. The van der Waals surface area contributed by atoms with Gasteiger partial charge in [0.05, 0.1) is 0 Å². The number of rotatable bonds is 5. The SMILES string of the molecule is CNCCNS(=O)(=O)c1ccc(F)cc1F. The summed E-state index contributed by atoms with van der Waals surface area (Å²) in [5.41, 5.74) is 0. The lowest BCUT2D eigenvalue weighted by Crippen LogP contribution is -2.31. The van der Waals surface area contributed by atoms with E-state index in [1.54, 1.807) is 7.05 Å². The molecule has 0 fully saturated rings. The van der Waals surface area contributed by atoms with Crippen molar-refractivity contribution < 1.29 is 17.2 Å². The van der Waals surface area contributed by atoms with Crippen molar-refractivity contribution in [1.29, 1.82) is 0 Å². The van der Waals surface area contributed by atoms with Gasteiger partial charge in [0, 0.05) is 19.2 Å². The molecule has 0 saturated heterocycles. The fourth-order valence-electron chi connectivity index (χ4n) is 1.08. The summed E-state index contributed by atoms with van der Waals surface area (Å²) in [5.74, 6) is -1.91. The average Bonchev–Trinajstić information content (AvgIpc) is 2.17. The molecule has 0 heterocycles. The van der Waals surface area contributed by atoms with Crippen LogP contribution in [0.25, 0.3) is 0 Å². The van der Waals surface area contributed by atoms with E-state index >= 15 is 0 Å². The standard InChI is InChI=1S/C9H12F2N2O2S/c1-12-4-5-13-16(14,15)9-3-2-7(10)6-8(9)11/h2-3,6,12-13H,4-5H2,1H3. The second-order valence-electron chi connectivity index (χ2n) is 3.08. The summed E-state index contributed by atoms with van der Waals surface area (Å²) < 4.78 is 51.0. The van der Waals surface area contributed by atoms with Crippen molar-refractivity contribution >= 4 is 10.0 Å². The van der Waals surface area contributed by atoms with Crippen LogP contribution < -0.4 is 10.0 Å². The molecule has 1 aromatic carbocycles. The molecule has 0 aliphatic carbocycles. The summed E-state index contributed by atoms with van der Waals surface area (Å²) >= 11 is 0. The van der Waals surface area contributed by atoms with Crippen LogP contribution in [0.15, 0.2) is 23.1 Å². The largest absolute Gasteiger partial charge is 0.318 e. The van der Waals surface area contributed by atoms with E-state index < -0.39 is 26.6 Å². The average molecular weight is 250 g/mol. The van der Waals surface area contributed by atoms with E-state index in [0.29, 0.717) is 12.6 Å². The van der Waals surface area contributed by atoms with Gasteiger partial charge in [0.15, 0.2) is 0 Å². The highest BCUT2D eigenvalue weighted by molar-refractivity contribution is 7.89. The van der Waals surface area contributed by atoms with Crippen molar-refractivity contribution in [2.24, 2.45) is 0 Å². The number of nitrogens with one attached hydrogen (secondary N) is 2. The molecule has 0 amide bonds. The monoisotopic (exact) mass is 250 g/mol. The van der Waals surface area contributed by atoms with Crippen LogP contribution in [0, 0.1) is 11.6 Å². The molecule has 0 saturated carbocycles. The number of halogens is 2. The van der Waals surface area contributed by atoms with Gasteiger partial charge in [0.25, 0.3) is 0 Å². The molecular formula is C9H12F2N2O2S. The van der Waals surface area contributed by atoms with Gasteiger partial charge in [-0.2, -0.15) is 0 Å². The Morgan fingerprint density at radius 1 is 1.25 bits per heavy atom. The normalized spacial score (nSPS) is 11.7. The molecule has 0 aliphatic rings. The van der Waals surface area contributed by atoms with Crippen LogP contribution in [0.4, 0.5) is 8.78 Å². The molecule has 0 aromatic heterocycles. The van der Waals surface area contributed by atoms with E-state index in [-0.39, 0.29) is 6.54 Å². The molecule has 7 heteroatoms. The molecule has 0 atom stereocenters. The molecule has 4 nitrogen and oxygen atoms in total. The van der Waals surface area contributed by atoms with Crippen LogP contribution in [0.3, 0.4) is 0 Å². The lowest BCUT2D eigenvalue weighted by molar-refractivity contribution is 0.542. The molecule has 2 N–H and O–H groups in total. The summed E-state index contributed by atoms with van der Waals surface area (Å²) in [5, 5.41) is 2.73. The summed E-state index contributed by atoms with van der Waals surface area (Å²) in [6.07, 6.45) is 0. The molecule has 16 heavy (non-hydrogen) atoms. The Hall–Kier alpha value is -1.05. The van der Waals surface area contributed by atoms with Crippen molar-refractivity contribution in [2.45, 2.75) is 4.90 Å². The highest BCUT2D eigenvalue weighted by Gasteiger charge is 2.18. The third-order valence-corrected chi connectivity index (χ3v) is 3.34. The predicted molar refractivity (Wildman–Crippen MR) is 55.5 cm³/mol. The van der Waals surface area contributed by atoms with E-state index in [1.807, 2.05) is 0 Å². The number of hydrogen-bond donors (Lipinski definition) is 2. The molecule has 1 aromatic rings. The third kappa shape index (κ3) is 3.22. The lowest BCUT2D eigenvalue weighted by atomic mass is 10.3. The quantitative estimate of drug-likeness (QED) is 0.747. The molecule has 0 aliphatic heterocycles. The number of hydrogen-bond acceptors (Lipinski definition) is 3. The molecule has 0 spiro atoms. The summed E-state index contributed by atoms with van der Waals surface area (Å²) in [6, 6.07) is 2.33. The maximum atomic E-state index is 13.2. The molecule has 0 bridgehead atoms. The van der Waals surface area contributed by atoms with Gasteiger partial charge >= 0.3 is 0 Å². The van der Waals surface area contributed by atoms with Gasteiger partial charge < -0.3 is 5.32 Å². The van der Waals surface area contributed by atoms with Crippen molar-refractivity contribution in [3.8, 4) is 0 Å². The van der Waals surface area contributed by atoms with Crippen LogP contribution >= 0.6 is 0 Å². The minimum absolute atomic E-state index is 0.135. The fourth-order valence-corrected chi connectivity index (χ4v) is 2.17. The first-order valence-electron chi connectivity index (χ1n) is 4.56. The highest BCUT2D eigenvalue weighted by Crippen LogP contribution is 2.14. The van der Waals surface area contributed by atoms with Gasteiger partial charge in [0.2, 0.25) is 10.0 Å². The van der Waals surface area contributed by atoms with Crippen LogP contribution in [-0.2, 0) is 10.0 Å². The topological polar surface area (TPSA) is 58.2 Å². The number of likely N-dealkylation sites (N-methyl/N-ethyl adjacent to an activating group) is 1. The molecule has 0 radical (unpaired) electrons. The van der Waals surface area contributed by atoms with Gasteiger partial charge in [-0.1, -0.05) is 0 Å². The maximum absolute atomic E-state index is 13.2. The Morgan fingerprint density at radius 3 is 2.50 bits per heavy atom. The lowest BCUT2D eigenvalue weighted by Gasteiger charge is -2.07. The summed E-state index contributed by atoms with van der Waals surface area (Å²) in [6.45, 7) is 0.553. The number of benzene rings is 1. The van der Waals surface area contributed by atoms with Gasteiger partial charge in [-0.15, -0.1) is 0 Å². The van der Waals surface area contributed by atoms with Crippen LogP contribution in [0.5, 0.6) is 0 Å². The molecule has 0 unspecified atom stereocenters. The second kappa shape index (κ2) is 5.33. The van der Waals surface area contributed by atoms with E-state index in [4.69, 9.17) is 0 Å². The van der Waals surface area contributed by atoms with Gasteiger partial charge in [-0.25, -0.2) is 21.9 Å². The summed E-state index contributed by atoms with van der Waals surface area (Å²) in [4.78, 5) is -0.551. The smallest absolute Gasteiger partial charge is 0.243 e. The van der Waals surface area contributed by atoms with E-state index in [0.717, 1.165) is 12.1 Å². The van der Waals surface area contributed by atoms with Crippen LogP contribution in [0.2, 0.25) is 0 Å². The Kier molecular flexibility index (Phi) is 4.34. The van der Waals surface area contributed by atoms with E-state index in [9.17, 15) is 17.2 Å². The Labute approximate surface area is 92.7 Å². The fraction of sp³-hybridized carbons (Fsp3) is 0.333. The summed E-state index contributed by atoms with van der Waals surface area (Å²) in [7, 11) is -2.25. The Balaban J connectivity index is 2.90. The van der Waals surface area contributed by atoms with Crippen molar-refractivity contribution in [2.75, 3.05) is 20.1 Å². The van der Waals surface area contributed by atoms with E-state index in [2.05, 4.69) is 10.0 Å². The zero-order valence-corrected chi connectivity index (χ0v) is 9.44. The second-order valence-corrected chi connectivity index (χ2v) is 4.81. The molecule has 90 valence electrons.